The molecule has 15 heavy (non-hydrogen) atoms. The normalized spacial score (nSPS) is 9.73. The lowest BCUT2D eigenvalue weighted by Gasteiger charge is -2.18. The predicted molar refractivity (Wildman–Crippen MR) is 56.8 cm³/mol. The molecule has 5 heteroatoms. The number of aryl methyl sites for hydroxylation is 1. The lowest BCUT2D eigenvalue weighted by atomic mass is 10.2. The third kappa shape index (κ3) is 2.77. The monoisotopic (exact) mass is 207 g/mol. The number of primary amides is 1. The number of anilines is 1. The van der Waals surface area contributed by atoms with E-state index in [-0.39, 0.29) is 6.54 Å². The Hall–Kier alpha value is -1.91. The minimum atomic E-state index is -0.418. The summed E-state index contributed by atoms with van der Waals surface area (Å²) in [6.45, 7) is 1.93. The van der Waals surface area contributed by atoms with Gasteiger partial charge in [0.1, 0.15) is 5.82 Å². The van der Waals surface area contributed by atoms with Crippen molar-refractivity contribution < 1.29 is 9.59 Å². The number of hydrogen-bond donors (Lipinski definition) is 1. The van der Waals surface area contributed by atoms with E-state index in [0.717, 1.165) is 11.8 Å². The van der Waals surface area contributed by atoms with E-state index in [9.17, 15) is 9.59 Å². The van der Waals surface area contributed by atoms with Gasteiger partial charge in [0.25, 0.3) is 0 Å². The molecule has 80 valence electrons. The first-order valence-corrected chi connectivity index (χ1v) is 4.46. The van der Waals surface area contributed by atoms with Crippen molar-refractivity contribution >= 4 is 18.0 Å². The van der Waals surface area contributed by atoms with Gasteiger partial charge in [0, 0.05) is 18.8 Å². The third-order valence-corrected chi connectivity index (χ3v) is 1.96. The number of aldehydes is 1. The zero-order valence-electron chi connectivity index (χ0n) is 8.73. The average Bonchev–Trinajstić information content (AvgIpc) is 2.16. The van der Waals surface area contributed by atoms with Gasteiger partial charge in [-0.2, -0.15) is 0 Å². The predicted octanol–water partition coefficient (Wildman–Crippen LogP) is 0.124. The van der Waals surface area contributed by atoms with Crippen molar-refractivity contribution in [2.75, 3.05) is 18.5 Å². The highest BCUT2D eigenvalue weighted by atomic mass is 16.1. The van der Waals surface area contributed by atoms with Crippen LogP contribution in [-0.4, -0.2) is 30.8 Å². The number of nitrogens with zero attached hydrogens (tertiary/aromatic N) is 2. The van der Waals surface area contributed by atoms with E-state index in [1.807, 2.05) is 6.92 Å². The zero-order valence-corrected chi connectivity index (χ0v) is 8.73. The highest BCUT2D eigenvalue weighted by Gasteiger charge is 2.08. The Balaban J connectivity index is 2.94. The van der Waals surface area contributed by atoms with Crippen LogP contribution < -0.4 is 10.6 Å². The van der Waals surface area contributed by atoms with Crippen LogP contribution in [0.1, 0.15) is 15.9 Å². The van der Waals surface area contributed by atoms with Gasteiger partial charge in [-0.15, -0.1) is 0 Å². The van der Waals surface area contributed by atoms with Gasteiger partial charge in [-0.1, -0.05) is 0 Å². The van der Waals surface area contributed by atoms with Crippen LogP contribution in [0.2, 0.25) is 0 Å². The van der Waals surface area contributed by atoms with Crippen LogP contribution >= 0.6 is 0 Å². The molecule has 1 aromatic heterocycles. The number of hydrogen-bond acceptors (Lipinski definition) is 4. The summed E-state index contributed by atoms with van der Waals surface area (Å²) in [5, 5.41) is 0. The summed E-state index contributed by atoms with van der Waals surface area (Å²) in [6.07, 6.45) is 2.20. The summed E-state index contributed by atoms with van der Waals surface area (Å²) < 4.78 is 0. The largest absolute Gasteiger partial charge is 0.368 e. The smallest absolute Gasteiger partial charge is 0.236 e. The van der Waals surface area contributed by atoms with Gasteiger partial charge in [-0.25, -0.2) is 4.98 Å². The Morgan fingerprint density at radius 1 is 1.67 bits per heavy atom. The maximum Gasteiger partial charge on any atom is 0.236 e. The number of nitrogens with two attached hydrogens (primary N) is 1. The van der Waals surface area contributed by atoms with Gasteiger partial charge in [0.05, 0.1) is 6.54 Å². The molecule has 1 amide bonds. The minimum Gasteiger partial charge on any atom is -0.368 e. The Labute approximate surface area is 87.9 Å². The summed E-state index contributed by atoms with van der Waals surface area (Å²) in [4.78, 5) is 26.9. The number of rotatable bonds is 4. The second-order valence-electron chi connectivity index (χ2n) is 3.35. The molecule has 0 aliphatic rings. The molecule has 5 nitrogen and oxygen atoms in total. The molecular weight excluding hydrogens is 194 g/mol. The first-order valence-electron chi connectivity index (χ1n) is 4.46. The van der Waals surface area contributed by atoms with Crippen LogP contribution in [0.15, 0.2) is 12.3 Å². The molecule has 0 aromatic carbocycles. The second-order valence-corrected chi connectivity index (χ2v) is 3.35. The fraction of sp³-hybridized carbons (Fsp3) is 0.300. The molecule has 1 heterocycles. The maximum atomic E-state index is 10.7. The standard InChI is InChI=1S/C10H13N3O2/c1-7-3-8(6-14)4-12-10(7)13(2)5-9(11)15/h3-4,6H,5H2,1-2H3,(H2,11,15). The number of amides is 1. The minimum absolute atomic E-state index is 0.105. The molecular formula is C10H13N3O2. The third-order valence-electron chi connectivity index (χ3n) is 1.96. The molecule has 0 spiro atoms. The van der Waals surface area contributed by atoms with Crippen molar-refractivity contribution in [3.8, 4) is 0 Å². The van der Waals surface area contributed by atoms with E-state index in [4.69, 9.17) is 5.73 Å². The molecule has 0 saturated carbocycles. The molecule has 0 bridgehead atoms. The number of carbonyl (C=O) groups is 2. The van der Waals surface area contributed by atoms with Crippen LogP contribution in [-0.2, 0) is 4.79 Å². The van der Waals surface area contributed by atoms with Crippen molar-refractivity contribution in [3.05, 3.63) is 23.4 Å². The van der Waals surface area contributed by atoms with E-state index in [1.165, 1.54) is 6.20 Å². The van der Waals surface area contributed by atoms with Gasteiger partial charge in [-0.05, 0) is 18.6 Å². The van der Waals surface area contributed by atoms with E-state index in [0.29, 0.717) is 11.4 Å². The number of likely N-dealkylation sites (N-methyl/N-ethyl adjacent to an activating group) is 1. The number of aromatic nitrogens is 1. The lowest BCUT2D eigenvalue weighted by molar-refractivity contribution is -0.116. The highest BCUT2D eigenvalue weighted by molar-refractivity contribution is 5.80. The van der Waals surface area contributed by atoms with Crippen LogP contribution in [0.4, 0.5) is 5.82 Å². The first kappa shape index (κ1) is 11.2. The van der Waals surface area contributed by atoms with Gasteiger partial charge >= 0.3 is 0 Å². The fourth-order valence-electron chi connectivity index (χ4n) is 1.36. The lowest BCUT2D eigenvalue weighted by Crippen LogP contribution is -2.31. The quantitative estimate of drug-likeness (QED) is 0.712. The summed E-state index contributed by atoms with van der Waals surface area (Å²) >= 11 is 0. The van der Waals surface area contributed by atoms with E-state index in [1.54, 1.807) is 18.0 Å². The fourth-order valence-corrected chi connectivity index (χ4v) is 1.36. The Morgan fingerprint density at radius 3 is 2.80 bits per heavy atom. The summed E-state index contributed by atoms with van der Waals surface area (Å²) in [6, 6.07) is 1.72. The van der Waals surface area contributed by atoms with Gasteiger partial charge < -0.3 is 10.6 Å². The molecule has 0 aliphatic carbocycles. The number of carbonyl (C=O) groups excluding carboxylic acids is 2. The SMILES string of the molecule is Cc1cc(C=O)cnc1N(C)CC(N)=O. The van der Waals surface area contributed by atoms with Gasteiger partial charge in [0.15, 0.2) is 6.29 Å². The topological polar surface area (TPSA) is 76.3 Å². The Kier molecular flexibility index (Phi) is 3.38. The van der Waals surface area contributed by atoms with Crippen LogP contribution in [0, 0.1) is 6.92 Å². The van der Waals surface area contributed by atoms with Crippen molar-refractivity contribution in [2.24, 2.45) is 5.73 Å². The van der Waals surface area contributed by atoms with Crippen molar-refractivity contribution in [2.45, 2.75) is 6.92 Å². The van der Waals surface area contributed by atoms with Crippen molar-refractivity contribution in [3.63, 3.8) is 0 Å². The molecule has 2 N–H and O–H groups in total. The van der Waals surface area contributed by atoms with E-state index < -0.39 is 5.91 Å². The Bertz CT molecular complexity index is 390. The molecule has 1 rings (SSSR count). The molecule has 0 atom stereocenters. The summed E-state index contributed by atoms with van der Waals surface area (Å²) in [5.74, 6) is 0.234. The Morgan fingerprint density at radius 2 is 2.33 bits per heavy atom. The van der Waals surface area contributed by atoms with E-state index >= 15 is 0 Å². The average molecular weight is 207 g/mol. The van der Waals surface area contributed by atoms with Crippen LogP contribution in [0.5, 0.6) is 0 Å². The molecule has 0 unspecified atom stereocenters. The zero-order chi connectivity index (χ0) is 11.4. The van der Waals surface area contributed by atoms with Crippen molar-refractivity contribution in [1.29, 1.82) is 0 Å². The van der Waals surface area contributed by atoms with Crippen LogP contribution in [0.25, 0.3) is 0 Å². The number of pyridine rings is 1. The molecule has 1 aromatic rings. The second kappa shape index (κ2) is 4.54. The van der Waals surface area contributed by atoms with Crippen LogP contribution in [0.3, 0.4) is 0 Å². The summed E-state index contributed by atoms with van der Waals surface area (Å²) in [7, 11) is 1.72. The van der Waals surface area contributed by atoms with E-state index in [2.05, 4.69) is 4.98 Å². The molecule has 0 radical (unpaired) electrons. The molecule has 0 saturated heterocycles. The highest BCUT2D eigenvalue weighted by Crippen LogP contribution is 2.15. The van der Waals surface area contributed by atoms with Gasteiger partial charge in [0.2, 0.25) is 5.91 Å². The maximum absolute atomic E-state index is 10.7. The first-order chi connectivity index (χ1) is 7.04. The molecule has 0 fully saturated rings. The molecule has 0 aliphatic heterocycles. The summed E-state index contributed by atoms with van der Waals surface area (Å²) in [5.41, 5.74) is 6.43. The van der Waals surface area contributed by atoms with Gasteiger partial charge in [-0.3, -0.25) is 9.59 Å². The van der Waals surface area contributed by atoms with Crippen molar-refractivity contribution in [1.82, 2.24) is 4.98 Å².